The number of benzene rings is 1. The fourth-order valence-corrected chi connectivity index (χ4v) is 1.80. The van der Waals surface area contributed by atoms with Crippen molar-refractivity contribution in [1.82, 2.24) is 9.78 Å². The van der Waals surface area contributed by atoms with E-state index in [-0.39, 0.29) is 11.9 Å². The maximum atomic E-state index is 9.71. The molecule has 0 radical (unpaired) electrons. The minimum absolute atomic E-state index is 0.122. The minimum atomic E-state index is 0.122. The van der Waals surface area contributed by atoms with Gasteiger partial charge in [-0.2, -0.15) is 5.10 Å². The number of aromatic nitrogens is 2. The summed E-state index contributed by atoms with van der Waals surface area (Å²) >= 11 is 6.07. The summed E-state index contributed by atoms with van der Waals surface area (Å²) < 4.78 is 1.57. The zero-order valence-corrected chi connectivity index (χ0v) is 9.94. The molecular weight excluding hydrogens is 224 g/mol. The Hall–Kier alpha value is -1.48. The average molecular weight is 237 g/mol. The molecule has 0 atom stereocenters. The van der Waals surface area contributed by atoms with Gasteiger partial charge < -0.3 is 5.11 Å². The van der Waals surface area contributed by atoms with E-state index in [9.17, 15) is 5.11 Å². The van der Waals surface area contributed by atoms with E-state index in [1.165, 1.54) is 0 Å². The van der Waals surface area contributed by atoms with Crippen LogP contribution >= 0.6 is 11.6 Å². The second kappa shape index (κ2) is 4.18. The Morgan fingerprint density at radius 2 is 2.00 bits per heavy atom. The molecule has 0 aliphatic carbocycles. The Kier molecular flexibility index (Phi) is 2.88. The molecule has 4 heteroatoms. The summed E-state index contributed by atoms with van der Waals surface area (Å²) in [5.74, 6) is 0.157. The first kappa shape index (κ1) is 11.0. The van der Waals surface area contributed by atoms with Gasteiger partial charge in [-0.15, -0.1) is 0 Å². The van der Waals surface area contributed by atoms with Crippen molar-refractivity contribution < 1.29 is 5.11 Å². The van der Waals surface area contributed by atoms with Crippen molar-refractivity contribution in [3.05, 3.63) is 35.4 Å². The largest absolute Gasteiger partial charge is 0.493 e. The zero-order valence-electron chi connectivity index (χ0n) is 9.18. The summed E-state index contributed by atoms with van der Waals surface area (Å²) in [5, 5.41) is 14.7. The summed E-state index contributed by atoms with van der Waals surface area (Å²) in [7, 11) is 0. The number of hydrogen-bond acceptors (Lipinski definition) is 2. The normalized spacial score (nSPS) is 11.0. The minimum Gasteiger partial charge on any atom is -0.493 e. The Bertz CT molecular complexity index is 505. The van der Waals surface area contributed by atoms with Crippen LogP contribution < -0.4 is 0 Å². The molecule has 16 heavy (non-hydrogen) atoms. The Balaban J connectivity index is 2.50. The van der Waals surface area contributed by atoms with Crippen LogP contribution in [0.25, 0.3) is 11.3 Å². The number of rotatable bonds is 2. The van der Waals surface area contributed by atoms with Crippen molar-refractivity contribution in [3.8, 4) is 17.1 Å². The molecular formula is C12H13ClN2O. The topological polar surface area (TPSA) is 38.0 Å². The highest BCUT2D eigenvalue weighted by Crippen LogP contribution is 2.29. The average Bonchev–Trinajstić information content (AvgIpc) is 2.61. The van der Waals surface area contributed by atoms with Gasteiger partial charge in [0.25, 0.3) is 0 Å². The predicted molar refractivity (Wildman–Crippen MR) is 64.7 cm³/mol. The summed E-state index contributed by atoms with van der Waals surface area (Å²) in [4.78, 5) is 0. The molecule has 1 aromatic heterocycles. The molecule has 0 unspecified atom stereocenters. The molecule has 0 saturated heterocycles. The fraction of sp³-hybridized carbons (Fsp3) is 0.250. The highest BCUT2D eigenvalue weighted by Gasteiger charge is 2.12. The lowest BCUT2D eigenvalue weighted by Crippen LogP contribution is -2.01. The van der Waals surface area contributed by atoms with Crippen molar-refractivity contribution in [2.24, 2.45) is 0 Å². The van der Waals surface area contributed by atoms with Crippen LogP contribution in [0, 0.1) is 0 Å². The molecule has 1 N–H and O–H groups in total. The van der Waals surface area contributed by atoms with Crippen molar-refractivity contribution in [3.63, 3.8) is 0 Å². The van der Waals surface area contributed by atoms with Crippen LogP contribution in [0.5, 0.6) is 5.88 Å². The van der Waals surface area contributed by atoms with E-state index in [0.717, 1.165) is 5.56 Å². The molecule has 0 fully saturated rings. The Morgan fingerprint density at radius 1 is 1.31 bits per heavy atom. The summed E-state index contributed by atoms with van der Waals surface area (Å²) in [6, 6.07) is 9.20. The maximum Gasteiger partial charge on any atom is 0.210 e. The predicted octanol–water partition coefficient (Wildman–Crippen LogP) is 3.49. The van der Waals surface area contributed by atoms with Crippen molar-refractivity contribution in [2.75, 3.05) is 0 Å². The third-order valence-corrected chi connectivity index (χ3v) is 2.68. The van der Waals surface area contributed by atoms with Crippen LogP contribution in [-0.2, 0) is 0 Å². The summed E-state index contributed by atoms with van der Waals surface area (Å²) in [6.45, 7) is 3.92. The smallest absolute Gasteiger partial charge is 0.210 e. The van der Waals surface area contributed by atoms with Gasteiger partial charge in [-0.3, -0.25) is 0 Å². The van der Waals surface area contributed by atoms with E-state index in [1.54, 1.807) is 10.7 Å². The SMILES string of the molecule is CC(C)n1nc(-c2ccccc2Cl)cc1O. The van der Waals surface area contributed by atoms with Gasteiger partial charge in [0.15, 0.2) is 0 Å². The van der Waals surface area contributed by atoms with Crippen LogP contribution in [-0.4, -0.2) is 14.9 Å². The fourth-order valence-electron chi connectivity index (χ4n) is 1.57. The highest BCUT2D eigenvalue weighted by atomic mass is 35.5. The zero-order chi connectivity index (χ0) is 11.7. The van der Waals surface area contributed by atoms with E-state index >= 15 is 0 Å². The molecule has 0 amide bonds. The standard InChI is InChI=1S/C12H13ClN2O/c1-8(2)15-12(16)7-11(14-15)9-5-3-4-6-10(9)13/h3-8,16H,1-2H3. The van der Waals surface area contributed by atoms with Crippen LogP contribution in [0.1, 0.15) is 19.9 Å². The van der Waals surface area contributed by atoms with E-state index in [4.69, 9.17) is 11.6 Å². The van der Waals surface area contributed by atoms with Gasteiger partial charge in [0.05, 0.1) is 16.8 Å². The molecule has 0 aliphatic rings. The molecule has 2 rings (SSSR count). The third-order valence-electron chi connectivity index (χ3n) is 2.35. The number of nitrogens with zero attached hydrogens (tertiary/aromatic N) is 2. The Labute approximate surface area is 99.3 Å². The summed E-state index contributed by atoms with van der Waals surface area (Å²) in [5.41, 5.74) is 1.52. The third kappa shape index (κ3) is 1.91. The first-order valence-electron chi connectivity index (χ1n) is 5.13. The lowest BCUT2D eigenvalue weighted by Gasteiger charge is -2.05. The lowest BCUT2D eigenvalue weighted by atomic mass is 10.1. The molecule has 0 aliphatic heterocycles. The molecule has 1 heterocycles. The number of hydrogen-bond donors (Lipinski definition) is 1. The van der Waals surface area contributed by atoms with Crippen molar-refractivity contribution in [1.29, 1.82) is 0 Å². The first-order valence-corrected chi connectivity index (χ1v) is 5.51. The second-order valence-electron chi connectivity index (χ2n) is 3.91. The molecule has 3 nitrogen and oxygen atoms in total. The second-order valence-corrected chi connectivity index (χ2v) is 4.31. The molecule has 0 saturated carbocycles. The van der Waals surface area contributed by atoms with Crippen LogP contribution in [0.2, 0.25) is 5.02 Å². The van der Waals surface area contributed by atoms with Gasteiger partial charge in [-0.05, 0) is 19.9 Å². The molecule has 0 bridgehead atoms. The highest BCUT2D eigenvalue weighted by molar-refractivity contribution is 6.33. The first-order chi connectivity index (χ1) is 7.59. The van der Waals surface area contributed by atoms with Crippen molar-refractivity contribution in [2.45, 2.75) is 19.9 Å². The van der Waals surface area contributed by atoms with Gasteiger partial charge in [0.2, 0.25) is 5.88 Å². The van der Waals surface area contributed by atoms with E-state index in [2.05, 4.69) is 5.10 Å². The molecule has 2 aromatic rings. The Morgan fingerprint density at radius 3 is 2.56 bits per heavy atom. The number of halogens is 1. The van der Waals surface area contributed by atoms with Gasteiger partial charge >= 0.3 is 0 Å². The van der Waals surface area contributed by atoms with Gasteiger partial charge in [-0.1, -0.05) is 29.8 Å². The van der Waals surface area contributed by atoms with Gasteiger partial charge in [0, 0.05) is 11.6 Å². The number of aromatic hydroxyl groups is 1. The van der Waals surface area contributed by atoms with E-state index < -0.39 is 0 Å². The molecule has 84 valence electrons. The summed E-state index contributed by atoms with van der Waals surface area (Å²) in [6.07, 6.45) is 0. The quantitative estimate of drug-likeness (QED) is 0.867. The van der Waals surface area contributed by atoms with Gasteiger partial charge in [0.1, 0.15) is 0 Å². The van der Waals surface area contributed by atoms with Crippen LogP contribution in [0.4, 0.5) is 0 Å². The molecule has 1 aromatic carbocycles. The van der Waals surface area contributed by atoms with Crippen molar-refractivity contribution >= 4 is 11.6 Å². The van der Waals surface area contributed by atoms with E-state index in [1.807, 2.05) is 38.1 Å². The van der Waals surface area contributed by atoms with Gasteiger partial charge in [-0.25, -0.2) is 4.68 Å². The van der Waals surface area contributed by atoms with E-state index in [0.29, 0.717) is 10.7 Å². The lowest BCUT2D eigenvalue weighted by molar-refractivity contribution is 0.378. The van der Waals surface area contributed by atoms with Crippen LogP contribution in [0.3, 0.4) is 0 Å². The van der Waals surface area contributed by atoms with Crippen LogP contribution in [0.15, 0.2) is 30.3 Å². The maximum absolute atomic E-state index is 9.71. The monoisotopic (exact) mass is 236 g/mol. The molecule has 0 spiro atoms.